The van der Waals surface area contributed by atoms with Crippen LogP contribution in [0.4, 0.5) is 8.78 Å². The quantitative estimate of drug-likeness (QED) is 0.499. The van der Waals surface area contributed by atoms with Gasteiger partial charge in [0.1, 0.15) is 0 Å². The fourth-order valence-corrected chi connectivity index (χ4v) is 4.18. The number of fused-ring (bicyclic) bond motifs is 3. The molecule has 4 rings (SSSR count). The molecule has 2 aromatic carbocycles. The van der Waals surface area contributed by atoms with E-state index in [0.29, 0.717) is 5.56 Å². The molecular formula is C22H21ClF2N2. The second-order valence-electron chi connectivity index (χ2n) is 7.36. The molecule has 0 unspecified atom stereocenters. The Hall–Kier alpha value is -2.17. The molecule has 27 heavy (non-hydrogen) atoms. The molecule has 0 spiro atoms. The Morgan fingerprint density at radius 2 is 1.89 bits per heavy atom. The van der Waals surface area contributed by atoms with Crippen LogP contribution in [0.25, 0.3) is 22.7 Å². The lowest BCUT2D eigenvalue weighted by atomic mass is 10.0. The van der Waals surface area contributed by atoms with E-state index in [9.17, 15) is 8.78 Å². The smallest absolute Gasteiger partial charge is 0.160 e. The van der Waals surface area contributed by atoms with Crippen molar-refractivity contribution in [2.24, 2.45) is 0 Å². The molecule has 0 bridgehead atoms. The molecule has 1 aliphatic rings. The summed E-state index contributed by atoms with van der Waals surface area (Å²) in [4.78, 5) is 2.32. The van der Waals surface area contributed by atoms with Crippen molar-refractivity contribution >= 4 is 34.3 Å². The third-order valence-electron chi connectivity index (χ3n) is 5.29. The largest absolute Gasteiger partial charge is 0.320 e. The Labute approximate surface area is 162 Å². The number of nitrogens with zero attached hydrogens (tertiary/aromatic N) is 2. The highest BCUT2D eigenvalue weighted by Gasteiger charge is 2.22. The van der Waals surface area contributed by atoms with Gasteiger partial charge < -0.3 is 9.47 Å². The Balaban J connectivity index is 1.92. The summed E-state index contributed by atoms with van der Waals surface area (Å²) < 4.78 is 29.3. The SMILES string of the molecule is C/C(=C\n1c2c(c3cc(C)ccc31)CN(C)CC2)c1cc(F)c(F)cc1Cl. The highest BCUT2D eigenvalue weighted by Crippen LogP contribution is 2.34. The molecule has 2 nitrogen and oxygen atoms in total. The van der Waals surface area contributed by atoms with E-state index in [1.807, 2.05) is 13.1 Å². The predicted molar refractivity (Wildman–Crippen MR) is 108 cm³/mol. The topological polar surface area (TPSA) is 8.17 Å². The van der Waals surface area contributed by atoms with E-state index in [1.165, 1.54) is 28.3 Å². The average molecular weight is 387 g/mol. The van der Waals surface area contributed by atoms with Gasteiger partial charge in [-0.3, -0.25) is 0 Å². The summed E-state index contributed by atoms with van der Waals surface area (Å²) in [5, 5.41) is 1.46. The zero-order chi connectivity index (χ0) is 19.3. The standard InChI is InChI=1S/C22H21ClF2N2/c1-13-4-5-21-16(8-13)17-12-26(3)7-6-22(17)27(21)11-14(2)15-9-19(24)20(25)10-18(15)23/h4-5,8-11H,6-7,12H2,1-3H3/b14-11+. The van der Waals surface area contributed by atoms with Crippen molar-refractivity contribution in [3.63, 3.8) is 0 Å². The molecule has 0 atom stereocenters. The highest BCUT2D eigenvalue weighted by molar-refractivity contribution is 6.32. The van der Waals surface area contributed by atoms with Crippen molar-refractivity contribution in [1.82, 2.24) is 9.47 Å². The van der Waals surface area contributed by atoms with E-state index in [1.54, 1.807) is 0 Å². The van der Waals surface area contributed by atoms with Crippen molar-refractivity contribution in [3.8, 4) is 0 Å². The summed E-state index contributed by atoms with van der Waals surface area (Å²) in [5.41, 5.74) is 6.25. The van der Waals surface area contributed by atoms with Gasteiger partial charge in [0, 0.05) is 42.4 Å². The Morgan fingerprint density at radius 1 is 1.15 bits per heavy atom. The van der Waals surface area contributed by atoms with Crippen molar-refractivity contribution in [2.45, 2.75) is 26.8 Å². The predicted octanol–water partition coefficient (Wildman–Crippen LogP) is 5.89. The van der Waals surface area contributed by atoms with Crippen LogP contribution in [-0.4, -0.2) is 23.1 Å². The van der Waals surface area contributed by atoms with Crippen molar-refractivity contribution < 1.29 is 8.78 Å². The van der Waals surface area contributed by atoms with Crippen LogP contribution >= 0.6 is 11.6 Å². The first kappa shape index (κ1) is 18.2. The molecule has 140 valence electrons. The zero-order valence-electron chi connectivity index (χ0n) is 15.6. The summed E-state index contributed by atoms with van der Waals surface area (Å²) in [5.74, 6) is -1.82. The first-order valence-electron chi connectivity index (χ1n) is 8.99. The van der Waals surface area contributed by atoms with Gasteiger partial charge in [0.2, 0.25) is 0 Å². The zero-order valence-corrected chi connectivity index (χ0v) is 16.4. The van der Waals surface area contributed by atoms with Gasteiger partial charge in [0.05, 0.1) is 10.5 Å². The number of likely N-dealkylation sites (N-methyl/N-ethyl adjacent to an activating group) is 1. The van der Waals surface area contributed by atoms with Crippen molar-refractivity contribution in [1.29, 1.82) is 0 Å². The summed E-state index contributed by atoms with van der Waals surface area (Å²) >= 11 is 6.17. The molecule has 5 heteroatoms. The Morgan fingerprint density at radius 3 is 2.67 bits per heavy atom. The third kappa shape index (κ3) is 3.17. The number of aromatic nitrogens is 1. The van der Waals surface area contributed by atoms with Crippen LogP contribution in [0.2, 0.25) is 5.02 Å². The van der Waals surface area contributed by atoms with Gasteiger partial charge in [0.15, 0.2) is 11.6 Å². The molecule has 1 aromatic heterocycles. The minimum Gasteiger partial charge on any atom is -0.320 e. The Bertz CT molecular complexity index is 1080. The lowest BCUT2D eigenvalue weighted by Gasteiger charge is -2.23. The van der Waals surface area contributed by atoms with Crippen LogP contribution < -0.4 is 0 Å². The van der Waals surface area contributed by atoms with E-state index in [-0.39, 0.29) is 5.02 Å². The van der Waals surface area contributed by atoms with Crippen LogP contribution in [0, 0.1) is 18.6 Å². The fourth-order valence-electron chi connectivity index (χ4n) is 3.88. The number of aryl methyl sites for hydroxylation is 1. The number of hydrogen-bond acceptors (Lipinski definition) is 1. The first-order chi connectivity index (χ1) is 12.8. The fraction of sp³-hybridized carbons (Fsp3) is 0.273. The lowest BCUT2D eigenvalue weighted by molar-refractivity contribution is 0.312. The molecule has 0 radical (unpaired) electrons. The third-order valence-corrected chi connectivity index (χ3v) is 5.60. The molecule has 3 aromatic rings. The molecular weight excluding hydrogens is 366 g/mol. The number of benzene rings is 2. The highest BCUT2D eigenvalue weighted by atomic mass is 35.5. The van der Waals surface area contributed by atoms with Gasteiger partial charge in [-0.2, -0.15) is 0 Å². The molecule has 2 heterocycles. The van der Waals surface area contributed by atoms with Crippen LogP contribution in [0.15, 0.2) is 30.3 Å². The number of hydrogen-bond donors (Lipinski definition) is 0. The maximum atomic E-state index is 13.7. The molecule has 0 saturated carbocycles. The van der Waals surface area contributed by atoms with E-state index in [2.05, 4.69) is 41.6 Å². The molecule has 1 aliphatic heterocycles. The Kier molecular flexibility index (Phi) is 4.57. The van der Waals surface area contributed by atoms with Crippen molar-refractivity contribution in [2.75, 3.05) is 13.6 Å². The summed E-state index contributed by atoms with van der Waals surface area (Å²) in [6, 6.07) is 8.64. The summed E-state index contributed by atoms with van der Waals surface area (Å²) in [6.45, 7) is 5.86. The molecule has 0 aliphatic carbocycles. The number of rotatable bonds is 2. The monoisotopic (exact) mass is 386 g/mol. The molecule has 0 N–H and O–H groups in total. The molecule has 0 saturated heterocycles. The lowest BCUT2D eigenvalue weighted by Crippen LogP contribution is -2.26. The first-order valence-corrected chi connectivity index (χ1v) is 9.37. The van der Waals surface area contributed by atoms with E-state index < -0.39 is 11.6 Å². The maximum absolute atomic E-state index is 13.7. The average Bonchev–Trinajstić information content (AvgIpc) is 2.90. The van der Waals surface area contributed by atoms with Crippen LogP contribution in [0.3, 0.4) is 0 Å². The normalized spacial score (nSPS) is 15.4. The van der Waals surface area contributed by atoms with E-state index in [0.717, 1.165) is 36.7 Å². The van der Waals surface area contributed by atoms with Gasteiger partial charge in [0.25, 0.3) is 0 Å². The van der Waals surface area contributed by atoms with Gasteiger partial charge in [-0.25, -0.2) is 8.78 Å². The minimum atomic E-state index is -0.932. The summed E-state index contributed by atoms with van der Waals surface area (Å²) in [7, 11) is 2.13. The van der Waals surface area contributed by atoms with E-state index >= 15 is 0 Å². The van der Waals surface area contributed by atoms with E-state index in [4.69, 9.17) is 11.6 Å². The second-order valence-corrected chi connectivity index (χ2v) is 7.77. The minimum absolute atomic E-state index is 0.212. The summed E-state index contributed by atoms with van der Waals surface area (Å²) in [6.07, 6.45) is 2.93. The van der Waals surface area contributed by atoms with Crippen molar-refractivity contribution in [3.05, 3.63) is 69.4 Å². The second kappa shape index (κ2) is 6.77. The molecule has 0 fully saturated rings. The van der Waals surface area contributed by atoms with Gasteiger partial charge in [-0.05, 0) is 56.3 Å². The van der Waals surface area contributed by atoms with Crippen LogP contribution in [0.1, 0.15) is 29.3 Å². The van der Waals surface area contributed by atoms with Gasteiger partial charge >= 0.3 is 0 Å². The maximum Gasteiger partial charge on any atom is 0.160 e. The van der Waals surface area contributed by atoms with Crippen LogP contribution in [-0.2, 0) is 13.0 Å². The molecule has 0 amide bonds. The van der Waals surface area contributed by atoms with Gasteiger partial charge in [-0.1, -0.05) is 23.2 Å². The van der Waals surface area contributed by atoms with Crippen LogP contribution in [0.5, 0.6) is 0 Å². The van der Waals surface area contributed by atoms with Gasteiger partial charge in [-0.15, -0.1) is 0 Å². The number of halogens is 3. The number of allylic oxidation sites excluding steroid dienone is 1.